The minimum atomic E-state index is -3.85. The summed E-state index contributed by atoms with van der Waals surface area (Å²) in [6, 6.07) is 24.7. The molecule has 6 nitrogen and oxygen atoms in total. The van der Waals surface area contributed by atoms with Crippen LogP contribution in [0, 0.1) is 0 Å². The third-order valence-corrected chi connectivity index (χ3v) is 10.2. The fourth-order valence-corrected chi connectivity index (χ4v) is 7.26. The zero-order valence-electron chi connectivity index (χ0n) is 22.9. The Morgan fingerprint density at radius 1 is 0.925 bits per heavy atom. The number of amides is 1. The minimum Gasteiger partial charge on any atom is -0.345 e. The molecule has 0 atom stereocenters. The van der Waals surface area contributed by atoms with E-state index >= 15 is 0 Å². The molecule has 0 unspecified atom stereocenters. The lowest BCUT2D eigenvalue weighted by molar-refractivity contribution is -0.135. The number of hydrogen-bond acceptors (Lipinski definition) is 3. The van der Waals surface area contributed by atoms with E-state index < -0.39 is 10.0 Å². The molecule has 8 heteroatoms. The van der Waals surface area contributed by atoms with Crippen LogP contribution in [-0.2, 0) is 27.9 Å². The second-order valence-electron chi connectivity index (χ2n) is 10.5. The van der Waals surface area contributed by atoms with E-state index in [9.17, 15) is 13.2 Å². The number of hydrogen-bond donors (Lipinski definition) is 0. The van der Waals surface area contributed by atoms with E-state index in [1.807, 2.05) is 77.8 Å². The topological polar surface area (TPSA) is 62.6 Å². The molecular formula is C32H36ClN3O3S. The first-order valence-corrected chi connectivity index (χ1v) is 15.8. The van der Waals surface area contributed by atoms with Crippen molar-refractivity contribution in [1.29, 1.82) is 0 Å². The van der Waals surface area contributed by atoms with E-state index in [4.69, 9.17) is 11.6 Å². The van der Waals surface area contributed by atoms with Gasteiger partial charge < -0.3 is 9.47 Å². The van der Waals surface area contributed by atoms with Gasteiger partial charge in [-0.05, 0) is 59.5 Å². The molecule has 5 rings (SSSR count). The van der Waals surface area contributed by atoms with Crippen LogP contribution in [0.3, 0.4) is 0 Å². The summed E-state index contributed by atoms with van der Waals surface area (Å²) in [4.78, 5) is 16.1. The van der Waals surface area contributed by atoms with Crippen LogP contribution in [-0.4, -0.2) is 47.2 Å². The van der Waals surface area contributed by atoms with E-state index in [0.29, 0.717) is 18.1 Å². The van der Waals surface area contributed by atoms with E-state index in [2.05, 4.69) is 4.57 Å². The molecule has 1 amide bonds. The maximum atomic E-state index is 13.9. The minimum absolute atomic E-state index is 0.0898. The summed E-state index contributed by atoms with van der Waals surface area (Å²) in [6.07, 6.45) is 7.18. The maximum absolute atomic E-state index is 13.9. The van der Waals surface area contributed by atoms with Gasteiger partial charge in [0.15, 0.2) is 0 Å². The van der Waals surface area contributed by atoms with Crippen molar-refractivity contribution in [3.63, 3.8) is 0 Å². The molecule has 1 aliphatic carbocycles. The van der Waals surface area contributed by atoms with Crippen molar-refractivity contribution in [1.82, 2.24) is 13.8 Å². The number of rotatable bonds is 10. The molecular weight excluding hydrogens is 542 g/mol. The highest BCUT2D eigenvalue weighted by atomic mass is 35.5. The van der Waals surface area contributed by atoms with Crippen LogP contribution in [0.5, 0.6) is 0 Å². The highest BCUT2D eigenvalue weighted by Crippen LogP contribution is 2.27. The highest BCUT2D eigenvalue weighted by molar-refractivity contribution is 7.89. The Morgan fingerprint density at radius 3 is 2.40 bits per heavy atom. The van der Waals surface area contributed by atoms with Gasteiger partial charge in [0.25, 0.3) is 0 Å². The van der Waals surface area contributed by atoms with Gasteiger partial charge in [-0.15, -0.1) is 0 Å². The van der Waals surface area contributed by atoms with Gasteiger partial charge in [0.1, 0.15) is 0 Å². The molecule has 0 bridgehead atoms. The first-order valence-electron chi connectivity index (χ1n) is 14.0. The van der Waals surface area contributed by atoms with E-state index in [1.54, 1.807) is 19.1 Å². The summed E-state index contributed by atoms with van der Waals surface area (Å²) in [6.45, 7) is 2.84. The molecule has 0 saturated heterocycles. The predicted molar refractivity (Wildman–Crippen MR) is 161 cm³/mol. The van der Waals surface area contributed by atoms with Gasteiger partial charge in [-0.3, -0.25) is 4.79 Å². The van der Waals surface area contributed by atoms with E-state index in [-0.39, 0.29) is 29.9 Å². The maximum Gasteiger partial charge on any atom is 0.243 e. The summed E-state index contributed by atoms with van der Waals surface area (Å²) < 4.78 is 30.8. The monoisotopic (exact) mass is 577 g/mol. The van der Waals surface area contributed by atoms with Gasteiger partial charge in [-0.2, -0.15) is 4.31 Å². The third kappa shape index (κ3) is 6.27. The lowest BCUT2D eigenvalue weighted by Crippen LogP contribution is -2.47. The van der Waals surface area contributed by atoms with Crippen LogP contribution >= 0.6 is 11.6 Å². The van der Waals surface area contributed by atoms with E-state index in [1.165, 1.54) is 10.7 Å². The van der Waals surface area contributed by atoms with Crippen molar-refractivity contribution in [2.24, 2.45) is 0 Å². The van der Waals surface area contributed by atoms with Gasteiger partial charge in [-0.25, -0.2) is 8.42 Å². The normalized spacial score (nSPS) is 14.6. The van der Waals surface area contributed by atoms with Crippen molar-refractivity contribution in [3.8, 4) is 0 Å². The Hall–Kier alpha value is -3.13. The molecule has 4 aromatic rings. The third-order valence-electron chi connectivity index (χ3n) is 7.91. The van der Waals surface area contributed by atoms with Gasteiger partial charge in [0.05, 0.1) is 18.0 Å². The van der Waals surface area contributed by atoms with Crippen molar-refractivity contribution in [2.75, 3.05) is 13.1 Å². The molecule has 0 spiro atoms. The molecule has 210 valence electrons. The first kappa shape index (κ1) is 28.4. The zero-order valence-corrected chi connectivity index (χ0v) is 24.4. The number of carbonyl (C=O) groups excluding carboxylic acids is 1. The van der Waals surface area contributed by atoms with Gasteiger partial charge in [-0.1, -0.05) is 86.3 Å². The number of nitrogens with zero attached hydrogens (tertiary/aromatic N) is 3. The molecule has 1 saturated carbocycles. The number of aromatic nitrogens is 1. The van der Waals surface area contributed by atoms with Crippen molar-refractivity contribution >= 4 is 38.3 Å². The highest BCUT2D eigenvalue weighted by Gasteiger charge is 2.31. The summed E-state index contributed by atoms with van der Waals surface area (Å²) in [5.41, 5.74) is 2.01. The summed E-state index contributed by atoms with van der Waals surface area (Å²) in [5, 5.41) is 2.54. The molecule has 1 fully saturated rings. The molecule has 0 aliphatic heterocycles. The van der Waals surface area contributed by atoms with E-state index in [0.717, 1.165) is 47.7 Å². The second kappa shape index (κ2) is 12.6. The average Bonchev–Trinajstić information content (AvgIpc) is 3.42. The Kier molecular flexibility index (Phi) is 8.94. The Balaban J connectivity index is 1.39. The van der Waals surface area contributed by atoms with Gasteiger partial charge in [0, 0.05) is 36.0 Å². The second-order valence-corrected chi connectivity index (χ2v) is 12.8. The quantitative estimate of drug-likeness (QED) is 0.210. The lowest BCUT2D eigenvalue weighted by Gasteiger charge is -2.36. The fourth-order valence-electron chi connectivity index (χ4n) is 5.63. The molecule has 3 aromatic carbocycles. The molecule has 0 N–H and O–H groups in total. The molecule has 1 aromatic heterocycles. The number of sulfonamides is 1. The van der Waals surface area contributed by atoms with Crippen molar-refractivity contribution < 1.29 is 13.2 Å². The van der Waals surface area contributed by atoms with Crippen molar-refractivity contribution in [3.05, 3.63) is 101 Å². The van der Waals surface area contributed by atoms with Gasteiger partial charge >= 0.3 is 0 Å². The first-order chi connectivity index (χ1) is 19.4. The van der Waals surface area contributed by atoms with Gasteiger partial charge in [0.2, 0.25) is 15.9 Å². The van der Waals surface area contributed by atoms with Crippen molar-refractivity contribution in [2.45, 2.75) is 63.1 Å². The smallest absolute Gasteiger partial charge is 0.243 e. The Labute approximate surface area is 242 Å². The average molecular weight is 578 g/mol. The van der Waals surface area contributed by atoms with Crippen LogP contribution in [0.15, 0.2) is 90.0 Å². The molecule has 1 aliphatic rings. The molecule has 1 heterocycles. The molecule has 40 heavy (non-hydrogen) atoms. The van der Waals surface area contributed by atoms with Crippen LogP contribution in [0.25, 0.3) is 10.8 Å². The Bertz CT molecular complexity index is 1580. The van der Waals surface area contributed by atoms with Crippen LogP contribution < -0.4 is 0 Å². The number of likely N-dealkylation sites (N-methyl/N-ethyl adjacent to an activating group) is 1. The zero-order chi connectivity index (χ0) is 28.1. The summed E-state index contributed by atoms with van der Waals surface area (Å²) in [5.74, 6) is -0.163. The number of benzene rings is 3. The number of fused-ring (bicyclic) bond motifs is 1. The summed E-state index contributed by atoms with van der Waals surface area (Å²) in [7, 11) is -3.85. The lowest BCUT2D eigenvalue weighted by atomic mass is 9.94. The number of carbonyl (C=O) groups is 1. The fraction of sp³-hybridized carbons (Fsp3) is 0.344. The predicted octanol–water partition coefficient (Wildman–Crippen LogP) is 6.72. The largest absolute Gasteiger partial charge is 0.345 e. The number of halogens is 1. The van der Waals surface area contributed by atoms with Crippen LogP contribution in [0.2, 0.25) is 5.02 Å². The summed E-state index contributed by atoms with van der Waals surface area (Å²) >= 11 is 6.43. The van der Waals surface area contributed by atoms with Crippen LogP contribution in [0.1, 0.15) is 50.3 Å². The SMILES string of the molecule is CCN(CC(=O)N(Cc1cccn1Cc1ccccc1Cl)C1CCCCC1)S(=O)(=O)c1ccc2ccccc2c1. The Morgan fingerprint density at radius 2 is 1.65 bits per heavy atom. The van der Waals surface area contributed by atoms with Crippen LogP contribution in [0.4, 0.5) is 0 Å². The standard InChI is InChI=1S/C32H36ClN3O3S/c1-2-35(40(38,39)30-19-18-25-11-6-7-12-26(25)21-30)24-32(37)36(28-14-4-3-5-15-28)23-29-16-10-20-34(29)22-27-13-8-9-17-31(27)33/h6-13,16-21,28H,2-5,14-15,22-24H2,1H3. The molecule has 0 radical (unpaired) electrons.